The van der Waals surface area contributed by atoms with Gasteiger partial charge in [-0.15, -0.1) is 0 Å². The van der Waals surface area contributed by atoms with Crippen molar-refractivity contribution in [3.8, 4) is 11.1 Å². The highest BCUT2D eigenvalue weighted by atomic mass is 32.2. The van der Waals surface area contributed by atoms with Crippen molar-refractivity contribution in [3.05, 3.63) is 54.1 Å². The van der Waals surface area contributed by atoms with Crippen molar-refractivity contribution >= 4 is 16.0 Å². The number of carboxylic acid groups (broad SMARTS) is 1. The van der Waals surface area contributed by atoms with E-state index in [1.165, 1.54) is 18.2 Å². The summed E-state index contributed by atoms with van der Waals surface area (Å²) in [5.74, 6) is -0.999. The van der Waals surface area contributed by atoms with Gasteiger partial charge in [0.15, 0.2) is 0 Å². The van der Waals surface area contributed by atoms with E-state index in [2.05, 4.69) is 4.72 Å². The molecule has 0 heterocycles. The molecule has 0 aliphatic rings. The number of carboxylic acids is 1. The number of hydrogen-bond acceptors (Lipinski definition) is 4. The SMILES string of the molecule is CN(C)CCNS(=O)(=O)c1ccc(-c2cccc(C(=O)O)c2)cc1. The summed E-state index contributed by atoms with van der Waals surface area (Å²) >= 11 is 0. The van der Waals surface area contributed by atoms with Gasteiger partial charge in [-0.1, -0.05) is 24.3 Å². The lowest BCUT2D eigenvalue weighted by Crippen LogP contribution is -2.31. The molecule has 0 aromatic heterocycles. The molecule has 2 aromatic rings. The summed E-state index contributed by atoms with van der Waals surface area (Å²) in [5.41, 5.74) is 1.67. The monoisotopic (exact) mass is 348 g/mol. The Morgan fingerprint density at radius 3 is 2.33 bits per heavy atom. The molecule has 2 rings (SSSR count). The normalized spacial score (nSPS) is 11.6. The third-order valence-corrected chi connectivity index (χ3v) is 4.94. The summed E-state index contributed by atoms with van der Waals surface area (Å²) in [7, 11) is 0.191. The van der Waals surface area contributed by atoms with Crippen LogP contribution in [0.5, 0.6) is 0 Å². The Morgan fingerprint density at radius 2 is 1.75 bits per heavy atom. The Balaban J connectivity index is 2.18. The molecule has 2 N–H and O–H groups in total. The van der Waals surface area contributed by atoms with Crippen molar-refractivity contribution in [1.29, 1.82) is 0 Å². The van der Waals surface area contributed by atoms with E-state index >= 15 is 0 Å². The molecule has 6 nitrogen and oxygen atoms in total. The highest BCUT2D eigenvalue weighted by molar-refractivity contribution is 7.89. The molecule has 0 saturated carbocycles. The fourth-order valence-corrected chi connectivity index (χ4v) is 3.17. The number of likely N-dealkylation sites (N-methyl/N-ethyl adjacent to an activating group) is 1. The average molecular weight is 348 g/mol. The first kappa shape index (κ1) is 18.1. The van der Waals surface area contributed by atoms with Gasteiger partial charge < -0.3 is 10.0 Å². The molecule has 0 fully saturated rings. The zero-order valence-corrected chi connectivity index (χ0v) is 14.4. The first-order valence-corrected chi connectivity index (χ1v) is 8.86. The van der Waals surface area contributed by atoms with Crippen LogP contribution in [0.3, 0.4) is 0 Å². The van der Waals surface area contributed by atoms with Crippen LogP contribution < -0.4 is 4.72 Å². The van der Waals surface area contributed by atoms with Crippen LogP contribution in [0.4, 0.5) is 0 Å². The van der Waals surface area contributed by atoms with E-state index in [-0.39, 0.29) is 10.5 Å². The largest absolute Gasteiger partial charge is 0.478 e. The second-order valence-electron chi connectivity index (χ2n) is 5.61. The van der Waals surface area contributed by atoms with E-state index in [9.17, 15) is 13.2 Å². The lowest BCUT2D eigenvalue weighted by Gasteiger charge is -2.11. The highest BCUT2D eigenvalue weighted by Crippen LogP contribution is 2.22. The first-order chi connectivity index (χ1) is 11.3. The molecular weight excluding hydrogens is 328 g/mol. The zero-order chi connectivity index (χ0) is 17.7. The molecule has 24 heavy (non-hydrogen) atoms. The standard InChI is InChI=1S/C17H20N2O4S/c1-19(2)11-10-18-24(22,23)16-8-6-13(7-9-16)14-4-3-5-15(12-14)17(20)21/h3-9,12,18H,10-11H2,1-2H3,(H,20,21). The molecule has 0 bridgehead atoms. The van der Waals surface area contributed by atoms with Gasteiger partial charge in [-0.25, -0.2) is 17.9 Å². The zero-order valence-electron chi connectivity index (χ0n) is 13.6. The van der Waals surface area contributed by atoms with Gasteiger partial charge in [0.25, 0.3) is 0 Å². The van der Waals surface area contributed by atoms with Gasteiger partial charge >= 0.3 is 5.97 Å². The van der Waals surface area contributed by atoms with Crippen molar-refractivity contribution in [3.63, 3.8) is 0 Å². The second-order valence-corrected chi connectivity index (χ2v) is 7.38. The number of nitrogens with zero attached hydrogens (tertiary/aromatic N) is 1. The number of carbonyl (C=O) groups is 1. The Labute approximate surface area is 141 Å². The van der Waals surface area contributed by atoms with Gasteiger partial charge in [0.1, 0.15) is 0 Å². The number of benzene rings is 2. The van der Waals surface area contributed by atoms with Gasteiger partial charge in [-0.2, -0.15) is 0 Å². The molecule has 0 aliphatic carbocycles. The lowest BCUT2D eigenvalue weighted by atomic mass is 10.0. The van der Waals surface area contributed by atoms with E-state index in [4.69, 9.17) is 5.11 Å². The Hall–Kier alpha value is -2.22. The number of nitrogens with one attached hydrogen (secondary N) is 1. The number of aromatic carboxylic acids is 1. The van der Waals surface area contributed by atoms with Gasteiger partial charge in [0.05, 0.1) is 10.5 Å². The van der Waals surface area contributed by atoms with E-state index in [0.717, 1.165) is 11.1 Å². The Kier molecular flexibility index (Phi) is 5.71. The van der Waals surface area contributed by atoms with Crippen molar-refractivity contribution < 1.29 is 18.3 Å². The van der Waals surface area contributed by atoms with E-state index in [1.54, 1.807) is 30.3 Å². The first-order valence-electron chi connectivity index (χ1n) is 7.38. The van der Waals surface area contributed by atoms with E-state index in [0.29, 0.717) is 13.1 Å². The van der Waals surface area contributed by atoms with Crippen LogP contribution >= 0.6 is 0 Å². The molecule has 0 atom stereocenters. The molecular formula is C17H20N2O4S. The third kappa shape index (κ3) is 4.64. The topological polar surface area (TPSA) is 86.7 Å². The molecule has 0 aliphatic heterocycles. The predicted molar refractivity (Wildman–Crippen MR) is 92.6 cm³/mol. The second kappa shape index (κ2) is 7.57. The van der Waals surface area contributed by atoms with Crippen molar-refractivity contribution in [2.45, 2.75) is 4.90 Å². The Bertz CT molecular complexity index is 815. The van der Waals surface area contributed by atoms with E-state index in [1.807, 2.05) is 19.0 Å². The van der Waals surface area contributed by atoms with Crippen LogP contribution in [0.1, 0.15) is 10.4 Å². The van der Waals surface area contributed by atoms with E-state index < -0.39 is 16.0 Å². The molecule has 2 aromatic carbocycles. The van der Waals surface area contributed by atoms with Gasteiger partial charge in [0.2, 0.25) is 10.0 Å². The molecule has 0 spiro atoms. The fraction of sp³-hybridized carbons (Fsp3) is 0.235. The molecule has 128 valence electrons. The Morgan fingerprint density at radius 1 is 1.08 bits per heavy atom. The van der Waals surface area contributed by atoms with Crippen LogP contribution in [0.15, 0.2) is 53.4 Å². The summed E-state index contributed by atoms with van der Waals surface area (Å²) in [6.45, 7) is 0.942. The molecule has 0 radical (unpaired) electrons. The van der Waals surface area contributed by atoms with Crippen LogP contribution in [0.25, 0.3) is 11.1 Å². The number of sulfonamides is 1. The minimum absolute atomic E-state index is 0.180. The van der Waals surface area contributed by atoms with Crippen molar-refractivity contribution in [2.75, 3.05) is 27.2 Å². The molecule has 0 saturated heterocycles. The average Bonchev–Trinajstić information content (AvgIpc) is 2.54. The quantitative estimate of drug-likeness (QED) is 0.798. The summed E-state index contributed by atoms with van der Waals surface area (Å²) in [4.78, 5) is 13.1. The summed E-state index contributed by atoms with van der Waals surface area (Å²) in [5, 5.41) is 9.04. The van der Waals surface area contributed by atoms with Crippen LogP contribution in [0.2, 0.25) is 0 Å². The maximum atomic E-state index is 12.2. The lowest BCUT2D eigenvalue weighted by molar-refractivity contribution is 0.0697. The van der Waals surface area contributed by atoms with Crippen molar-refractivity contribution in [2.24, 2.45) is 0 Å². The molecule has 0 amide bonds. The fourth-order valence-electron chi connectivity index (χ4n) is 2.15. The van der Waals surface area contributed by atoms with Crippen LogP contribution in [-0.4, -0.2) is 51.6 Å². The van der Waals surface area contributed by atoms with Gasteiger partial charge in [-0.05, 0) is 49.5 Å². The minimum Gasteiger partial charge on any atom is -0.478 e. The smallest absolute Gasteiger partial charge is 0.335 e. The third-order valence-electron chi connectivity index (χ3n) is 3.46. The summed E-state index contributed by atoms with van der Waals surface area (Å²) in [6.07, 6.45) is 0. The predicted octanol–water partition coefficient (Wildman–Crippen LogP) is 1.89. The number of rotatable bonds is 7. The highest BCUT2D eigenvalue weighted by Gasteiger charge is 2.13. The van der Waals surface area contributed by atoms with Crippen molar-refractivity contribution in [1.82, 2.24) is 9.62 Å². The van der Waals surface area contributed by atoms with Gasteiger partial charge in [0, 0.05) is 13.1 Å². The van der Waals surface area contributed by atoms with Crippen LogP contribution in [-0.2, 0) is 10.0 Å². The summed E-state index contributed by atoms with van der Waals surface area (Å²) < 4.78 is 26.9. The summed E-state index contributed by atoms with van der Waals surface area (Å²) in [6, 6.07) is 12.9. The molecule has 7 heteroatoms. The number of hydrogen-bond donors (Lipinski definition) is 2. The van der Waals surface area contributed by atoms with Crippen LogP contribution in [0, 0.1) is 0 Å². The van der Waals surface area contributed by atoms with Gasteiger partial charge in [-0.3, -0.25) is 0 Å². The maximum Gasteiger partial charge on any atom is 0.335 e. The molecule has 0 unspecified atom stereocenters. The minimum atomic E-state index is -3.55. The maximum absolute atomic E-state index is 12.2.